The van der Waals surface area contributed by atoms with Crippen molar-refractivity contribution < 1.29 is 0 Å². The van der Waals surface area contributed by atoms with E-state index in [0.29, 0.717) is 0 Å². The number of aromatic nitrogens is 1. The van der Waals surface area contributed by atoms with Gasteiger partial charge in [-0.2, -0.15) is 0 Å². The molecule has 0 saturated carbocycles. The first-order chi connectivity index (χ1) is 10.0. The summed E-state index contributed by atoms with van der Waals surface area (Å²) in [5.41, 5.74) is 11.4. The molecule has 0 radical (unpaired) electrons. The lowest BCUT2D eigenvalue weighted by Crippen LogP contribution is -1.85. The summed E-state index contributed by atoms with van der Waals surface area (Å²) in [6.45, 7) is 6.15. The van der Waals surface area contributed by atoms with Crippen LogP contribution in [0.4, 0.5) is 10.7 Å². The second-order valence-electron chi connectivity index (χ2n) is 5.24. The Morgan fingerprint density at radius 3 is 2.57 bits per heavy atom. The monoisotopic (exact) mass is 295 g/mol. The number of hydrogen-bond acceptors (Lipinski definition) is 4. The zero-order valence-corrected chi connectivity index (χ0v) is 13.2. The number of hydrogen-bond donors (Lipinski definition) is 1. The normalized spacial score (nSPS) is 11.6. The average molecular weight is 295 g/mol. The Balaban J connectivity index is 2.08. The quantitative estimate of drug-likeness (QED) is 0.705. The molecule has 4 heteroatoms. The molecule has 0 amide bonds. The van der Waals surface area contributed by atoms with E-state index in [2.05, 4.69) is 54.2 Å². The van der Waals surface area contributed by atoms with Crippen molar-refractivity contribution in [3.63, 3.8) is 0 Å². The van der Waals surface area contributed by atoms with Gasteiger partial charge in [0.05, 0.1) is 0 Å². The smallest absolute Gasteiger partial charge is 0.128 e. The van der Waals surface area contributed by atoms with Gasteiger partial charge in [0.15, 0.2) is 0 Å². The fraction of sp³-hybridized carbons (Fsp3) is 0.176. The molecule has 3 rings (SSSR count). The average Bonchev–Trinajstić information content (AvgIpc) is 2.74. The molecular weight excluding hydrogens is 278 g/mol. The highest BCUT2D eigenvalue weighted by Gasteiger charge is 2.12. The fourth-order valence-electron chi connectivity index (χ4n) is 2.36. The van der Waals surface area contributed by atoms with Gasteiger partial charge in [-0.3, -0.25) is 4.99 Å². The number of benzene rings is 1. The van der Waals surface area contributed by atoms with E-state index in [1.807, 2.05) is 13.1 Å². The van der Waals surface area contributed by atoms with Crippen molar-refractivity contribution in [2.45, 2.75) is 20.8 Å². The predicted molar refractivity (Wildman–Crippen MR) is 91.9 cm³/mol. The van der Waals surface area contributed by atoms with Crippen LogP contribution in [-0.4, -0.2) is 11.2 Å². The number of nitrogens with two attached hydrogens (primary N) is 1. The van der Waals surface area contributed by atoms with E-state index in [0.717, 1.165) is 32.2 Å². The van der Waals surface area contributed by atoms with Gasteiger partial charge in [0.25, 0.3) is 0 Å². The Hall–Kier alpha value is -2.20. The van der Waals surface area contributed by atoms with E-state index in [4.69, 9.17) is 5.73 Å². The van der Waals surface area contributed by atoms with Gasteiger partial charge in [0, 0.05) is 17.3 Å². The van der Waals surface area contributed by atoms with E-state index in [-0.39, 0.29) is 0 Å². The summed E-state index contributed by atoms with van der Waals surface area (Å²) in [6.07, 6.45) is 1.86. The standard InChI is InChI=1S/C17H17N3S/c1-10-4-6-13(7-5-10)9-19-15-14-11(2)8-12(3)20-17(14)21-16(15)18/h4-9H,18H2,1-3H3. The highest BCUT2D eigenvalue weighted by Crippen LogP contribution is 2.41. The number of nitrogen functional groups attached to an aromatic ring is 1. The Kier molecular flexibility index (Phi) is 3.47. The number of aliphatic imine (C=N–C) groups is 1. The van der Waals surface area contributed by atoms with Gasteiger partial charge in [-0.1, -0.05) is 41.2 Å². The maximum absolute atomic E-state index is 6.13. The lowest BCUT2D eigenvalue weighted by molar-refractivity contribution is 1.25. The van der Waals surface area contributed by atoms with Crippen molar-refractivity contribution in [2.75, 3.05) is 5.73 Å². The van der Waals surface area contributed by atoms with Crippen LogP contribution >= 0.6 is 11.3 Å². The maximum Gasteiger partial charge on any atom is 0.128 e. The Labute approximate surface area is 128 Å². The zero-order chi connectivity index (χ0) is 15.0. The molecule has 0 atom stereocenters. The molecule has 0 bridgehead atoms. The van der Waals surface area contributed by atoms with E-state index in [1.54, 1.807) is 0 Å². The van der Waals surface area contributed by atoms with E-state index < -0.39 is 0 Å². The summed E-state index contributed by atoms with van der Waals surface area (Å²) >= 11 is 1.50. The van der Waals surface area contributed by atoms with E-state index >= 15 is 0 Å². The van der Waals surface area contributed by atoms with Gasteiger partial charge in [0.2, 0.25) is 0 Å². The Morgan fingerprint density at radius 1 is 1.14 bits per heavy atom. The van der Waals surface area contributed by atoms with Crippen LogP contribution < -0.4 is 5.73 Å². The Morgan fingerprint density at radius 2 is 1.86 bits per heavy atom. The molecule has 3 aromatic rings. The molecule has 0 aliphatic rings. The second-order valence-corrected chi connectivity index (χ2v) is 6.28. The first kappa shape index (κ1) is 13.8. The molecule has 2 heterocycles. The third-order valence-electron chi connectivity index (χ3n) is 3.41. The highest BCUT2D eigenvalue weighted by molar-refractivity contribution is 7.23. The number of pyridine rings is 1. The predicted octanol–water partition coefficient (Wildman–Crippen LogP) is 4.55. The minimum atomic E-state index is 0.717. The number of fused-ring (bicyclic) bond motifs is 1. The van der Waals surface area contributed by atoms with Gasteiger partial charge < -0.3 is 5.73 Å². The summed E-state index contributed by atoms with van der Waals surface area (Å²) in [4.78, 5) is 10.1. The minimum absolute atomic E-state index is 0.717. The number of nitrogens with zero attached hydrogens (tertiary/aromatic N) is 2. The molecular formula is C17H17N3S. The molecule has 106 valence electrons. The Bertz CT molecular complexity index is 829. The molecule has 0 fully saturated rings. The van der Waals surface area contributed by atoms with Crippen LogP contribution in [0.5, 0.6) is 0 Å². The fourth-order valence-corrected chi connectivity index (χ4v) is 3.37. The molecule has 0 saturated heterocycles. The zero-order valence-electron chi connectivity index (χ0n) is 12.3. The van der Waals surface area contributed by atoms with Crippen LogP contribution in [0, 0.1) is 20.8 Å². The lowest BCUT2D eigenvalue weighted by atomic mass is 10.1. The van der Waals surface area contributed by atoms with E-state index in [1.165, 1.54) is 22.5 Å². The van der Waals surface area contributed by atoms with Crippen molar-refractivity contribution in [1.82, 2.24) is 4.98 Å². The van der Waals surface area contributed by atoms with E-state index in [9.17, 15) is 0 Å². The van der Waals surface area contributed by atoms with Crippen LogP contribution in [0.3, 0.4) is 0 Å². The first-order valence-electron chi connectivity index (χ1n) is 6.81. The number of anilines is 1. The van der Waals surface area contributed by atoms with Gasteiger partial charge in [-0.05, 0) is 38.0 Å². The number of rotatable bonds is 2. The van der Waals surface area contributed by atoms with Gasteiger partial charge in [0.1, 0.15) is 15.5 Å². The highest BCUT2D eigenvalue weighted by atomic mass is 32.1. The summed E-state index contributed by atoms with van der Waals surface area (Å²) in [5, 5.41) is 1.78. The van der Waals surface area contributed by atoms with Crippen LogP contribution in [-0.2, 0) is 0 Å². The molecule has 21 heavy (non-hydrogen) atoms. The molecule has 0 aliphatic carbocycles. The van der Waals surface area contributed by atoms with Crippen molar-refractivity contribution in [3.05, 3.63) is 52.7 Å². The molecule has 2 aromatic heterocycles. The first-order valence-corrected chi connectivity index (χ1v) is 7.63. The van der Waals surface area contributed by atoms with Crippen LogP contribution in [0.1, 0.15) is 22.4 Å². The summed E-state index contributed by atoms with van der Waals surface area (Å²) in [5.74, 6) is 0. The molecule has 0 aliphatic heterocycles. The molecule has 1 aromatic carbocycles. The van der Waals surface area contributed by atoms with Crippen LogP contribution in [0.2, 0.25) is 0 Å². The van der Waals surface area contributed by atoms with Gasteiger partial charge in [-0.15, -0.1) is 0 Å². The summed E-state index contributed by atoms with van der Waals surface area (Å²) < 4.78 is 0. The topological polar surface area (TPSA) is 51.3 Å². The van der Waals surface area contributed by atoms with Crippen LogP contribution in [0.25, 0.3) is 10.2 Å². The minimum Gasteiger partial charge on any atom is -0.389 e. The summed E-state index contributed by atoms with van der Waals surface area (Å²) in [7, 11) is 0. The second kappa shape index (κ2) is 5.30. The van der Waals surface area contributed by atoms with Crippen LogP contribution in [0.15, 0.2) is 35.3 Å². The lowest BCUT2D eigenvalue weighted by Gasteiger charge is -2.00. The third-order valence-corrected chi connectivity index (χ3v) is 4.31. The molecule has 0 unspecified atom stereocenters. The largest absolute Gasteiger partial charge is 0.389 e. The van der Waals surface area contributed by atoms with Gasteiger partial charge >= 0.3 is 0 Å². The van der Waals surface area contributed by atoms with Crippen molar-refractivity contribution >= 4 is 38.5 Å². The SMILES string of the molecule is Cc1ccc(C=Nc2c(N)sc3nc(C)cc(C)c23)cc1. The molecule has 3 nitrogen and oxygen atoms in total. The van der Waals surface area contributed by atoms with Gasteiger partial charge in [-0.25, -0.2) is 4.98 Å². The molecule has 2 N–H and O–H groups in total. The van der Waals surface area contributed by atoms with Crippen molar-refractivity contribution in [3.8, 4) is 0 Å². The third kappa shape index (κ3) is 2.67. The maximum atomic E-state index is 6.13. The molecule has 0 spiro atoms. The number of aryl methyl sites for hydroxylation is 3. The van der Waals surface area contributed by atoms with Crippen molar-refractivity contribution in [2.24, 2.45) is 4.99 Å². The van der Waals surface area contributed by atoms with Crippen molar-refractivity contribution in [1.29, 1.82) is 0 Å². The number of thiophene rings is 1. The summed E-state index contributed by atoms with van der Waals surface area (Å²) in [6, 6.07) is 10.3.